The number of aromatic nitrogens is 1. The third-order valence-corrected chi connectivity index (χ3v) is 1.87. The normalized spacial score (nSPS) is 9.64. The zero-order valence-corrected chi connectivity index (χ0v) is 8.12. The van der Waals surface area contributed by atoms with Crippen molar-refractivity contribution in [2.45, 2.75) is 6.92 Å². The van der Waals surface area contributed by atoms with Crippen LogP contribution in [0.4, 0.5) is 0 Å². The lowest BCUT2D eigenvalue weighted by Gasteiger charge is -1.99. The smallest absolute Gasteiger partial charge is 0.267 e. The molecule has 1 amide bonds. The summed E-state index contributed by atoms with van der Waals surface area (Å²) in [5.41, 5.74) is 6.24. The van der Waals surface area contributed by atoms with Crippen LogP contribution in [-0.2, 0) is 0 Å². The first-order valence-corrected chi connectivity index (χ1v) is 4.11. The molecule has 0 saturated heterocycles. The van der Waals surface area contributed by atoms with E-state index in [1.165, 1.54) is 0 Å². The molecule has 0 aliphatic heterocycles. The Morgan fingerprint density at radius 2 is 2.36 bits per heavy atom. The maximum absolute atomic E-state index is 10.7. The Bertz CT molecular complexity index is 298. The fourth-order valence-corrected chi connectivity index (χ4v) is 1.40. The highest BCUT2D eigenvalue weighted by atomic mass is 127. The summed E-state index contributed by atoms with van der Waals surface area (Å²) in [6, 6.07) is 1.87. The van der Waals surface area contributed by atoms with Crippen LogP contribution in [0.5, 0.6) is 0 Å². The van der Waals surface area contributed by atoms with E-state index >= 15 is 0 Å². The zero-order chi connectivity index (χ0) is 8.43. The standard InChI is InChI=1S/C7H7IN2O/c1-4-2-5(8)3-10-6(4)7(9)11/h2-3H,1H3,(H2,9,11). The Labute approximate surface area is 78.1 Å². The van der Waals surface area contributed by atoms with Gasteiger partial charge < -0.3 is 5.73 Å². The summed E-state index contributed by atoms with van der Waals surface area (Å²) in [6.45, 7) is 1.81. The first-order chi connectivity index (χ1) is 5.11. The van der Waals surface area contributed by atoms with Gasteiger partial charge in [0.05, 0.1) is 0 Å². The molecule has 0 spiro atoms. The Morgan fingerprint density at radius 1 is 1.73 bits per heavy atom. The molecule has 58 valence electrons. The predicted octanol–water partition coefficient (Wildman–Crippen LogP) is 1.09. The summed E-state index contributed by atoms with van der Waals surface area (Å²) in [5, 5.41) is 0. The summed E-state index contributed by atoms with van der Waals surface area (Å²) >= 11 is 2.13. The second-order valence-corrected chi connectivity index (χ2v) is 3.43. The summed E-state index contributed by atoms with van der Waals surface area (Å²) in [5.74, 6) is -0.473. The molecule has 0 aromatic carbocycles. The van der Waals surface area contributed by atoms with E-state index in [0.717, 1.165) is 9.13 Å². The van der Waals surface area contributed by atoms with Gasteiger partial charge in [-0.05, 0) is 41.1 Å². The molecular formula is C7H7IN2O. The summed E-state index contributed by atoms with van der Waals surface area (Å²) < 4.78 is 1.00. The molecule has 1 rings (SSSR count). The number of carbonyl (C=O) groups excluding carboxylic acids is 1. The molecule has 0 radical (unpaired) electrons. The summed E-state index contributed by atoms with van der Waals surface area (Å²) in [6.07, 6.45) is 1.62. The van der Waals surface area contributed by atoms with Crippen LogP contribution >= 0.6 is 22.6 Å². The van der Waals surface area contributed by atoms with Crippen LogP contribution in [0.3, 0.4) is 0 Å². The number of hydrogen-bond donors (Lipinski definition) is 1. The monoisotopic (exact) mass is 262 g/mol. The van der Waals surface area contributed by atoms with Gasteiger partial charge in [-0.15, -0.1) is 0 Å². The third-order valence-electron chi connectivity index (χ3n) is 1.28. The highest BCUT2D eigenvalue weighted by molar-refractivity contribution is 14.1. The third kappa shape index (κ3) is 1.89. The molecule has 1 heterocycles. The lowest BCUT2D eigenvalue weighted by Crippen LogP contribution is -2.14. The maximum Gasteiger partial charge on any atom is 0.267 e. The van der Waals surface area contributed by atoms with Gasteiger partial charge in [-0.2, -0.15) is 0 Å². The van der Waals surface area contributed by atoms with Crippen LogP contribution in [0.25, 0.3) is 0 Å². The minimum Gasteiger partial charge on any atom is -0.364 e. The fraction of sp³-hybridized carbons (Fsp3) is 0.143. The van der Waals surface area contributed by atoms with Crippen molar-refractivity contribution in [3.05, 3.63) is 27.1 Å². The number of aryl methyl sites for hydroxylation is 1. The SMILES string of the molecule is Cc1cc(I)cnc1C(N)=O. The van der Waals surface area contributed by atoms with Crippen LogP contribution < -0.4 is 5.73 Å². The number of rotatable bonds is 1. The van der Waals surface area contributed by atoms with Crippen LogP contribution in [0.15, 0.2) is 12.3 Å². The molecule has 0 bridgehead atoms. The average molecular weight is 262 g/mol. The lowest BCUT2D eigenvalue weighted by atomic mass is 10.2. The van der Waals surface area contributed by atoms with E-state index in [2.05, 4.69) is 27.6 Å². The second kappa shape index (κ2) is 3.17. The zero-order valence-electron chi connectivity index (χ0n) is 5.97. The highest BCUT2D eigenvalue weighted by Gasteiger charge is 2.05. The molecule has 4 heteroatoms. The molecule has 3 nitrogen and oxygen atoms in total. The van der Waals surface area contributed by atoms with E-state index in [9.17, 15) is 4.79 Å². The van der Waals surface area contributed by atoms with Gasteiger partial charge in [-0.1, -0.05) is 0 Å². The van der Waals surface area contributed by atoms with Crippen molar-refractivity contribution in [2.24, 2.45) is 5.73 Å². The molecule has 2 N–H and O–H groups in total. The Kier molecular flexibility index (Phi) is 2.43. The van der Waals surface area contributed by atoms with E-state index in [1.54, 1.807) is 6.20 Å². The van der Waals surface area contributed by atoms with E-state index in [4.69, 9.17) is 5.73 Å². The van der Waals surface area contributed by atoms with Gasteiger partial charge in [0.15, 0.2) is 0 Å². The number of primary amides is 1. The van der Waals surface area contributed by atoms with E-state index < -0.39 is 5.91 Å². The van der Waals surface area contributed by atoms with Crippen molar-refractivity contribution in [3.63, 3.8) is 0 Å². The molecule has 0 atom stereocenters. The molecule has 0 aliphatic rings. The van der Waals surface area contributed by atoms with Gasteiger partial charge in [-0.3, -0.25) is 4.79 Å². The predicted molar refractivity (Wildman–Crippen MR) is 50.2 cm³/mol. The number of nitrogens with zero attached hydrogens (tertiary/aromatic N) is 1. The maximum atomic E-state index is 10.7. The number of carbonyl (C=O) groups is 1. The molecule has 0 unspecified atom stereocenters. The number of amides is 1. The quantitative estimate of drug-likeness (QED) is 0.770. The van der Waals surface area contributed by atoms with Gasteiger partial charge in [-0.25, -0.2) is 4.98 Å². The minimum absolute atomic E-state index is 0.352. The van der Waals surface area contributed by atoms with Gasteiger partial charge >= 0.3 is 0 Å². The van der Waals surface area contributed by atoms with Gasteiger partial charge in [0.25, 0.3) is 5.91 Å². The van der Waals surface area contributed by atoms with E-state index in [1.807, 2.05) is 13.0 Å². The van der Waals surface area contributed by atoms with Gasteiger partial charge in [0.2, 0.25) is 0 Å². The Balaban J connectivity index is 3.20. The molecule has 1 aromatic heterocycles. The van der Waals surface area contributed by atoms with Crippen molar-refractivity contribution in [1.29, 1.82) is 0 Å². The lowest BCUT2D eigenvalue weighted by molar-refractivity contribution is 0.0995. The average Bonchev–Trinajstić information content (AvgIpc) is 1.85. The van der Waals surface area contributed by atoms with Gasteiger partial charge in [0, 0.05) is 9.77 Å². The van der Waals surface area contributed by atoms with Crippen molar-refractivity contribution < 1.29 is 4.79 Å². The number of nitrogens with two attached hydrogens (primary N) is 1. The molecule has 0 aliphatic carbocycles. The van der Waals surface area contributed by atoms with Crippen LogP contribution in [0.2, 0.25) is 0 Å². The van der Waals surface area contributed by atoms with E-state index in [-0.39, 0.29) is 0 Å². The molecule has 11 heavy (non-hydrogen) atoms. The fourth-order valence-electron chi connectivity index (χ4n) is 0.798. The Morgan fingerprint density at radius 3 is 2.82 bits per heavy atom. The largest absolute Gasteiger partial charge is 0.364 e. The topological polar surface area (TPSA) is 56.0 Å². The minimum atomic E-state index is -0.473. The number of pyridine rings is 1. The molecular weight excluding hydrogens is 255 g/mol. The van der Waals surface area contributed by atoms with Crippen molar-refractivity contribution in [1.82, 2.24) is 4.98 Å². The van der Waals surface area contributed by atoms with E-state index in [0.29, 0.717) is 5.69 Å². The molecule has 0 saturated carbocycles. The van der Waals surface area contributed by atoms with Crippen molar-refractivity contribution in [3.8, 4) is 0 Å². The molecule has 0 fully saturated rings. The van der Waals surface area contributed by atoms with Crippen molar-refractivity contribution in [2.75, 3.05) is 0 Å². The van der Waals surface area contributed by atoms with Gasteiger partial charge in [0.1, 0.15) is 5.69 Å². The highest BCUT2D eigenvalue weighted by Crippen LogP contribution is 2.08. The van der Waals surface area contributed by atoms with Crippen LogP contribution in [0.1, 0.15) is 16.1 Å². The Hall–Kier alpha value is -0.650. The molecule has 1 aromatic rings. The number of hydrogen-bond acceptors (Lipinski definition) is 2. The second-order valence-electron chi connectivity index (χ2n) is 2.18. The first kappa shape index (κ1) is 8.45. The van der Waals surface area contributed by atoms with Crippen LogP contribution in [-0.4, -0.2) is 10.9 Å². The van der Waals surface area contributed by atoms with Crippen molar-refractivity contribution >= 4 is 28.5 Å². The van der Waals surface area contributed by atoms with Crippen LogP contribution in [0, 0.1) is 10.5 Å². The number of halogens is 1. The summed E-state index contributed by atoms with van der Waals surface area (Å²) in [7, 11) is 0. The summed E-state index contributed by atoms with van der Waals surface area (Å²) in [4.78, 5) is 14.6. The first-order valence-electron chi connectivity index (χ1n) is 3.03.